The van der Waals surface area contributed by atoms with E-state index in [1.807, 2.05) is 10.4 Å². The van der Waals surface area contributed by atoms with Gasteiger partial charge in [-0.15, -0.1) is 11.3 Å². The molecule has 1 amide bonds. The quantitative estimate of drug-likeness (QED) is 0.850. The second-order valence-electron chi connectivity index (χ2n) is 6.44. The maximum Gasteiger partial charge on any atom is 0.242 e. The van der Waals surface area contributed by atoms with Crippen LogP contribution in [0.25, 0.3) is 0 Å². The second-order valence-corrected chi connectivity index (χ2v) is 7.16. The number of hydrogen-bond donors (Lipinski definition) is 0. The molecule has 0 bridgehead atoms. The zero-order chi connectivity index (χ0) is 16.4. The van der Waals surface area contributed by atoms with Gasteiger partial charge in [-0.2, -0.15) is 0 Å². The van der Waals surface area contributed by atoms with Gasteiger partial charge < -0.3 is 9.80 Å². The smallest absolute Gasteiger partial charge is 0.242 e. The van der Waals surface area contributed by atoms with E-state index in [-0.39, 0.29) is 5.91 Å². The third kappa shape index (κ3) is 3.30. The minimum Gasteiger partial charge on any atom is -0.362 e. The molecule has 2 aromatic rings. The second kappa shape index (κ2) is 6.91. The molecule has 0 aliphatic carbocycles. The van der Waals surface area contributed by atoms with E-state index in [0.717, 1.165) is 51.4 Å². The zero-order valence-corrected chi connectivity index (χ0v) is 14.5. The van der Waals surface area contributed by atoms with Crippen molar-refractivity contribution < 1.29 is 4.79 Å². The van der Waals surface area contributed by atoms with Crippen molar-refractivity contribution in [1.29, 1.82) is 0 Å². The molecule has 0 unspecified atom stereocenters. The molecule has 126 valence electrons. The fourth-order valence-electron chi connectivity index (χ4n) is 3.53. The molecule has 0 N–H and O–H groups in total. The lowest BCUT2D eigenvalue weighted by Gasteiger charge is -2.35. The van der Waals surface area contributed by atoms with E-state index >= 15 is 0 Å². The first-order valence-electron chi connectivity index (χ1n) is 8.49. The highest BCUT2D eigenvalue weighted by Gasteiger charge is 2.25. The number of rotatable bonds is 4. The molecule has 0 atom stereocenters. The summed E-state index contributed by atoms with van der Waals surface area (Å²) in [5, 5.41) is 2.10. The predicted molar refractivity (Wildman–Crippen MR) is 96.3 cm³/mol. The molecule has 6 heteroatoms. The Balaban J connectivity index is 1.29. The summed E-state index contributed by atoms with van der Waals surface area (Å²) in [7, 11) is 0. The lowest BCUT2D eigenvalue weighted by Crippen LogP contribution is -2.50. The standard InChI is InChI=1S/C18H22N4OS/c23-18(12-22-6-5-15-3-1-2-4-17(15)22)21-9-7-20(8-10-21)11-16-13-24-14-19-16/h1-4,13-14H,5-12H2. The molecule has 1 aromatic carbocycles. The maximum absolute atomic E-state index is 12.6. The molecule has 5 nitrogen and oxygen atoms in total. The number of para-hydroxylation sites is 1. The van der Waals surface area contributed by atoms with Crippen LogP contribution in [0.5, 0.6) is 0 Å². The van der Waals surface area contributed by atoms with E-state index in [1.54, 1.807) is 11.3 Å². The Bertz CT molecular complexity index is 695. The van der Waals surface area contributed by atoms with Crippen LogP contribution in [0.1, 0.15) is 11.3 Å². The lowest BCUT2D eigenvalue weighted by molar-refractivity contribution is -0.131. The summed E-state index contributed by atoms with van der Waals surface area (Å²) < 4.78 is 0. The van der Waals surface area contributed by atoms with E-state index in [4.69, 9.17) is 0 Å². The fourth-order valence-corrected chi connectivity index (χ4v) is 4.08. The SMILES string of the molecule is O=C(CN1CCc2ccccc21)N1CCN(Cc2cscn2)CC1. The fraction of sp³-hybridized carbons (Fsp3) is 0.444. The van der Waals surface area contributed by atoms with Gasteiger partial charge in [0.15, 0.2) is 0 Å². The van der Waals surface area contributed by atoms with Gasteiger partial charge >= 0.3 is 0 Å². The average molecular weight is 342 g/mol. The summed E-state index contributed by atoms with van der Waals surface area (Å²) in [6.07, 6.45) is 1.05. The molecule has 3 heterocycles. The van der Waals surface area contributed by atoms with Gasteiger partial charge in [0.05, 0.1) is 17.7 Å². The molecule has 1 saturated heterocycles. The lowest BCUT2D eigenvalue weighted by atomic mass is 10.2. The van der Waals surface area contributed by atoms with Gasteiger partial charge in [0.2, 0.25) is 5.91 Å². The number of aromatic nitrogens is 1. The summed E-state index contributed by atoms with van der Waals surface area (Å²) >= 11 is 1.64. The molecule has 4 rings (SSSR count). The topological polar surface area (TPSA) is 39.7 Å². The summed E-state index contributed by atoms with van der Waals surface area (Å²) in [6, 6.07) is 8.42. The van der Waals surface area contributed by atoms with E-state index in [1.165, 1.54) is 11.3 Å². The van der Waals surface area contributed by atoms with Gasteiger partial charge in [0, 0.05) is 50.3 Å². The Labute approximate surface area is 146 Å². The predicted octanol–water partition coefficient (Wildman–Crippen LogP) is 1.85. The summed E-state index contributed by atoms with van der Waals surface area (Å²) in [5.74, 6) is 0.250. The third-order valence-corrected chi connectivity index (χ3v) is 5.54. The normalized spacial score (nSPS) is 18.0. The Morgan fingerprint density at radius 1 is 1.12 bits per heavy atom. The van der Waals surface area contributed by atoms with Crippen molar-refractivity contribution in [2.45, 2.75) is 13.0 Å². The van der Waals surface area contributed by atoms with Crippen LogP contribution in [0.4, 0.5) is 5.69 Å². The first kappa shape index (κ1) is 15.6. The van der Waals surface area contributed by atoms with Crippen molar-refractivity contribution in [1.82, 2.24) is 14.8 Å². The van der Waals surface area contributed by atoms with Gasteiger partial charge in [-0.1, -0.05) is 18.2 Å². The molecular formula is C18H22N4OS. The first-order chi connectivity index (χ1) is 11.8. The molecule has 2 aliphatic heterocycles. The number of amides is 1. The third-order valence-electron chi connectivity index (χ3n) is 4.90. The van der Waals surface area contributed by atoms with Crippen LogP contribution in [0.15, 0.2) is 35.2 Å². The van der Waals surface area contributed by atoms with Gasteiger partial charge in [-0.05, 0) is 18.1 Å². The number of nitrogens with zero attached hydrogens (tertiary/aromatic N) is 4. The van der Waals surface area contributed by atoms with Gasteiger partial charge in [0.1, 0.15) is 0 Å². The molecule has 1 aromatic heterocycles. The molecule has 24 heavy (non-hydrogen) atoms. The minimum absolute atomic E-state index is 0.250. The average Bonchev–Trinajstić information content (AvgIpc) is 3.26. The van der Waals surface area contributed by atoms with Crippen molar-refractivity contribution >= 4 is 22.9 Å². The number of piperazine rings is 1. The largest absolute Gasteiger partial charge is 0.362 e. The minimum atomic E-state index is 0.250. The maximum atomic E-state index is 12.6. The molecular weight excluding hydrogens is 320 g/mol. The van der Waals surface area contributed by atoms with Gasteiger partial charge in [0.25, 0.3) is 0 Å². The number of anilines is 1. The molecule has 0 radical (unpaired) electrons. The summed E-state index contributed by atoms with van der Waals surface area (Å²) in [4.78, 5) is 23.6. The van der Waals surface area contributed by atoms with Crippen LogP contribution >= 0.6 is 11.3 Å². The molecule has 1 fully saturated rings. The monoisotopic (exact) mass is 342 g/mol. The molecule has 2 aliphatic rings. The van der Waals surface area contributed by atoms with Crippen molar-refractivity contribution in [3.63, 3.8) is 0 Å². The van der Waals surface area contributed by atoms with Crippen LogP contribution < -0.4 is 4.90 Å². The van der Waals surface area contributed by atoms with Crippen molar-refractivity contribution in [2.24, 2.45) is 0 Å². The Morgan fingerprint density at radius 3 is 2.75 bits per heavy atom. The number of fused-ring (bicyclic) bond motifs is 1. The van der Waals surface area contributed by atoms with Gasteiger partial charge in [-0.3, -0.25) is 9.69 Å². The number of carbonyl (C=O) groups excluding carboxylic acids is 1. The van der Waals surface area contributed by atoms with Crippen LogP contribution in [-0.4, -0.2) is 60.0 Å². The number of benzene rings is 1. The van der Waals surface area contributed by atoms with E-state index in [0.29, 0.717) is 6.54 Å². The van der Waals surface area contributed by atoms with Crippen LogP contribution in [0.3, 0.4) is 0 Å². The summed E-state index contributed by atoms with van der Waals surface area (Å²) in [6.45, 7) is 5.85. The number of thiazole rings is 1. The highest BCUT2D eigenvalue weighted by atomic mass is 32.1. The summed E-state index contributed by atoms with van der Waals surface area (Å²) in [5.41, 5.74) is 5.60. The van der Waals surface area contributed by atoms with Crippen LogP contribution in [-0.2, 0) is 17.8 Å². The molecule has 0 saturated carbocycles. The van der Waals surface area contributed by atoms with E-state index < -0.39 is 0 Å². The highest BCUT2D eigenvalue weighted by molar-refractivity contribution is 7.07. The Hall–Kier alpha value is -1.92. The zero-order valence-electron chi connectivity index (χ0n) is 13.7. The van der Waals surface area contributed by atoms with Crippen molar-refractivity contribution in [3.8, 4) is 0 Å². The Kier molecular flexibility index (Phi) is 4.49. The Morgan fingerprint density at radius 2 is 1.96 bits per heavy atom. The van der Waals surface area contributed by atoms with Crippen molar-refractivity contribution in [3.05, 3.63) is 46.4 Å². The van der Waals surface area contributed by atoms with Crippen LogP contribution in [0, 0.1) is 0 Å². The first-order valence-corrected chi connectivity index (χ1v) is 9.44. The highest BCUT2D eigenvalue weighted by Crippen LogP contribution is 2.27. The van der Waals surface area contributed by atoms with Gasteiger partial charge in [-0.25, -0.2) is 4.98 Å². The van der Waals surface area contributed by atoms with Crippen molar-refractivity contribution in [2.75, 3.05) is 44.2 Å². The van der Waals surface area contributed by atoms with E-state index in [2.05, 4.69) is 44.4 Å². The molecule has 0 spiro atoms. The van der Waals surface area contributed by atoms with E-state index in [9.17, 15) is 4.79 Å². The number of hydrogen-bond acceptors (Lipinski definition) is 5. The number of carbonyl (C=O) groups is 1. The van der Waals surface area contributed by atoms with Crippen LogP contribution in [0.2, 0.25) is 0 Å².